The molecule has 3 N–H and O–H groups in total. The molecule has 118 valence electrons. The number of anilines is 1. The van der Waals surface area contributed by atoms with E-state index >= 15 is 0 Å². The molecule has 21 heavy (non-hydrogen) atoms. The summed E-state index contributed by atoms with van der Waals surface area (Å²) in [5.41, 5.74) is 5.83. The van der Waals surface area contributed by atoms with Gasteiger partial charge >= 0.3 is 0 Å². The van der Waals surface area contributed by atoms with Crippen molar-refractivity contribution < 1.29 is 17.9 Å². The molecule has 1 rings (SSSR count). The fourth-order valence-electron chi connectivity index (χ4n) is 1.54. The van der Waals surface area contributed by atoms with Gasteiger partial charge in [0.1, 0.15) is 4.90 Å². The van der Waals surface area contributed by atoms with E-state index in [4.69, 9.17) is 10.5 Å². The molecule has 0 spiro atoms. The lowest BCUT2D eigenvalue weighted by Crippen LogP contribution is -2.39. The first-order valence-electron chi connectivity index (χ1n) is 6.06. The van der Waals surface area contributed by atoms with Crippen LogP contribution in [0.15, 0.2) is 27.6 Å². The van der Waals surface area contributed by atoms with Crippen molar-refractivity contribution in [3.8, 4) is 0 Å². The molecule has 0 aromatic heterocycles. The van der Waals surface area contributed by atoms with Crippen LogP contribution in [0, 0.1) is 0 Å². The summed E-state index contributed by atoms with van der Waals surface area (Å²) in [5, 5.41) is 2.55. The maximum Gasteiger partial charge on any atom is 0.245 e. The summed E-state index contributed by atoms with van der Waals surface area (Å²) in [4.78, 5) is 11.6. The van der Waals surface area contributed by atoms with Crippen LogP contribution in [-0.4, -0.2) is 52.5 Å². The Labute approximate surface area is 132 Å². The number of benzene rings is 1. The summed E-state index contributed by atoms with van der Waals surface area (Å²) in [6.07, 6.45) is 0. The third-order valence-corrected chi connectivity index (χ3v) is 5.01. The highest BCUT2D eigenvalue weighted by Gasteiger charge is 2.25. The highest BCUT2D eigenvalue weighted by Crippen LogP contribution is 2.25. The number of rotatable bonds is 7. The summed E-state index contributed by atoms with van der Waals surface area (Å²) >= 11 is 3.20. The molecule has 0 atom stereocenters. The molecule has 0 unspecified atom stereocenters. The molecule has 0 aliphatic heterocycles. The highest BCUT2D eigenvalue weighted by molar-refractivity contribution is 9.10. The SMILES string of the molecule is COCCNC(=O)CN(C)S(=O)(=O)c1cc(Br)ccc1N. The lowest BCUT2D eigenvalue weighted by atomic mass is 10.3. The van der Waals surface area contributed by atoms with Gasteiger partial charge in [-0.1, -0.05) is 15.9 Å². The topological polar surface area (TPSA) is 102 Å². The number of methoxy groups -OCH3 is 1. The van der Waals surface area contributed by atoms with Gasteiger partial charge in [-0.3, -0.25) is 4.79 Å². The Balaban J connectivity index is 2.82. The van der Waals surface area contributed by atoms with Crippen LogP contribution in [0.5, 0.6) is 0 Å². The fourth-order valence-corrected chi connectivity index (χ4v) is 3.31. The van der Waals surface area contributed by atoms with E-state index < -0.39 is 15.9 Å². The van der Waals surface area contributed by atoms with Gasteiger partial charge in [0, 0.05) is 25.2 Å². The number of carbonyl (C=O) groups excluding carboxylic acids is 1. The van der Waals surface area contributed by atoms with E-state index in [2.05, 4.69) is 21.2 Å². The number of nitrogen functional groups attached to an aromatic ring is 1. The molecule has 0 fully saturated rings. The molecule has 0 heterocycles. The van der Waals surface area contributed by atoms with Crippen molar-refractivity contribution >= 4 is 37.5 Å². The molecular formula is C12H18BrN3O4S. The van der Waals surface area contributed by atoms with E-state index in [-0.39, 0.29) is 17.1 Å². The van der Waals surface area contributed by atoms with Crippen molar-refractivity contribution in [2.24, 2.45) is 0 Å². The molecular weight excluding hydrogens is 362 g/mol. The monoisotopic (exact) mass is 379 g/mol. The van der Waals surface area contributed by atoms with Crippen LogP contribution in [0.3, 0.4) is 0 Å². The maximum absolute atomic E-state index is 12.4. The van der Waals surface area contributed by atoms with E-state index in [1.807, 2.05) is 0 Å². The number of amides is 1. The minimum atomic E-state index is -3.83. The van der Waals surface area contributed by atoms with Crippen molar-refractivity contribution in [1.29, 1.82) is 0 Å². The zero-order chi connectivity index (χ0) is 16.0. The molecule has 0 aliphatic carbocycles. The Morgan fingerprint density at radius 3 is 2.76 bits per heavy atom. The number of ether oxygens (including phenoxy) is 1. The van der Waals surface area contributed by atoms with E-state index in [9.17, 15) is 13.2 Å². The number of sulfonamides is 1. The van der Waals surface area contributed by atoms with Gasteiger partial charge in [0.2, 0.25) is 15.9 Å². The second-order valence-electron chi connectivity index (χ2n) is 4.29. The van der Waals surface area contributed by atoms with Gasteiger partial charge in [-0.2, -0.15) is 4.31 Å². The van der Waals surface area contributed by atoms with Gasteiger partial charge in [0.25, 0.3) is 0 Å². The quantitative estimate of drug-likeness (QED) is 0.527. The standard InChI is InChI=1S/C12H18BrN3O4S/c1-16(8-12(17)15-5-6-20-2)21(18,19)11-7-9(13)3-4-10(11)14/h3-4,7H,5-6,8,14H2,1-2H3,(H,15,17). The number of nitrogens with one attached hydrogen (secondary N) is 1. The number of likely N-dealkylation sites (N-methyl/N-ethyl adjacent to an activating group) is 1. The van der Waals surface area contributed by atoms with Crippen molar-refractivity contribution in [3.63, 3.8) is 0 Å². The van der Waals surface area contributed by atoms with E-state index in [1.165, 1.54) is 26.3 Å². The summed E-state index contributed by atoms with van der Waals surface area (Å²) in [6, 6.07) is 4.54. The predicted molar refractivity (Wildman–Crippen MR) is 83.3 cm³/mol. The van der Waals surface area contributed by atoms with E-state index in [1.54, 1.807) is 6.07 Å². The van der Waals surface area contributed by atoms with Gasteiger partial charge in [-0.05, 0) is 18.2 Å². The number of hydrogen-bond acceptors (Lipinski definition) is 5. The number of hydrogen-bond donors (Lipinski definition) is 2. The number of nitrogens with two attached hydrogens (primary N) is 1. The van der Waals surface area contributed by atoms with Crippen molar-refractivity contribution in [3.05, 3.63) is 22.7 Å². The second kappa shape index (κ2) is 7.74. The van der Waals surface area contributed by atoms with E-state index in [0.29, 0.717) is 17.6 Å². The Kier molecular flexibility index (Phi) is 6.59. The minimum Gasteiger partial charge on any atom is -0.398 e. The van der Waals surface area contributed by atoms with Crippen LogP contribution < -0.4 is 11.1 Å². The summed E-state index contributed by atoms with van der Waals surface area (Å²) in [6.45, 7) is 0.390. The molecule has 0 aliphatic rings. The highest BCUT2D eigenvalue weighted by atomic mass is 79.9. The third kappa shape index (κ3) is 4.95. The van der Waals surface area contributed by atoms with Gasteiger partial charge in [0.05, 0.1) is 18.8 Å². The molecule has 1 aromatic rings. The van der Waals surface area contributed by atoms with Crippen molar-refractivity contribution in [2.75, 3.05) is 39.6 Å². The molecule has 0 radical (unpaired) electrons. The molecule has 0 bridgehead atoms. The lowest BCUT2D eigenvalue weighted by molar-refractivity contribution is -0.121. The largest absolute Gasteiger partial charge is 0.398 e. The maximum atomic E-state index is 12.4. The van der Waals surface area contributed by atoms with Crippen LogP contribution in [0.1, 0.15) is 0 Å². The van der Waals surface area contributed by atoms with Gasteiger partial charge in [-0.15, -0.1) is 0 Å². The summed E-state index contributed by atoms with van der Waals surface area (Å²) in [7, 11) is -0.994. The first-order chi connectivity index (χ1) is 9.78. The number of carbonyl (C=O) groups is 1. The third-order valence-electron chi connectivity index (χ3n) is 2.66. The first kappa shape index (κ1) is 17.9. The van der Waals surface area contributed by atoms with Crippen LogP contribution in [0.4, 0.5) is 5.69 Å². The second-order valence-corrected chi connectivity index (χ2v) is 7.21. The average molecular weight is 380 g/mol. The smallest absolute Gasteiger partial charge is 0.245 e. The molecule has 1 aromatic carbocycles. The Bertz CT molecular complexity index is 607. The van der Waals surface area contributed by atoms with Gasteiger partial charge < -0.3 is 15.8 Å². The van der Waals surface area contributed by atoms with Crippen LogP contribution in [0.2, 0.25) is 0 Å². The molecule has 0 saturated heterocycles. The summed E-state index contributed by atoms with van der Waals surface area (Å²) < 4.78 is 31.1. The Hall–Kier alpha value is -1.16. The van der Waals surface area contributed by atoms with Crippen molar-refractivity contribution in [1.82, 2.24) is 9.62 Å². The van der Waals surface area contributed by atoms with E-state index in [0.717, 1.165) is 4.31 Å². The molecule has 0 saturated carbocycles. The van der Waals surface area contributed by atoms with Crippen LogP contribution in [-0.2, 0) is 19.6 Å². The zero-order valence-electron chi connectivity index (χ0n) is 11.8. The normalized spacial score (nSPS) is 11.6. The zero-order valence-corrected chi connectivity index (χ0v) is 14.2. The predicted octanol–water partition coefficient (Wildman–Crippen LogP) is 0.414. The number of halogens is 1. The van der Waals surface area contributed by atoms with Gasteiger partial charge in [0.15, 0.2) is 0 Å². The van der Waals surface area contributed by atoms with Gasteiger partial charge in [-0.25, -0.2) is 8.42 Å². The lowest BCUT2D eigenvalue weighted by Gasteiger charge is -2.18. The Morgan fingerprint density at radius 2 is 2.14 bits per heavy atom. The minimum absolute atomic E-state index is 0.0379. The Morgan fingerprint density at radius 1 is 1.48 bits per heavy atom. The fraction of sp³-hybridized carbons (Fsp3) is 0.417. The van der Waals surface area contributed by atoms with Crippen molar-refractivity contribution in [2.45, 2.75) is 4.90 Å². The van der Waals surface area contributed by atoms with Crippen LogP contribution in [0.25, 0.3) is 0 Å². The molecule has 9 heteroatoms. The molecule has 1 amide bonds. The molecule has 7 nitrogen and oxygen atoms in total. The average Bonchev–Trinajstić information content (AvgIpc) is 2.41. The first-order valence-corrected chi connectivity index (χ1v) is 8.29. The van der Waals surface area contributed by atoms with Crippen LogP contribution >= 0.6 is 15.9 Å². The summed E-state index contributed by atoms with van der Waals surface area (Å²) in [5.74, 6) is -0.410. The number of nitrogens with zero attached hydrogens (tertiary/aromatic N) is 1.